The molecule has 0 aliphatic heterocycles. The second-order valence-electron chi connectivity index (χ2n) is 3.32. The highest BCUT2D eigenvalue weighted by Gasteiger charge is 2.32. The third-order valence-corrected chi connectivity index (χ3v) is 2.49. The maximum atomic E-state index is 11.6. The van der Waals surface area contributed by atoms with Crippen molar-refractivity contribution in [2.24, 2.45) is 5.11 Å². The molecule has 1 aromatic rings. The minimum atomic E-state index is -1.96. The number of aromatic amines is 1. The summed E-state index contributed by atoms with van der Waals surface area (Å²) in [5.41, 5.74) is 9.08. The third-order valence-electron chi connectivity index (χ3n) is 1.98. The molecular weight excluding hydrogens is 298 g/mol. The number of H-pyrrole nitrogens is 1. The summed E-state index contributed by atoms with van der Waals surface area (Å²) in [4.78, 5) is 16.9. The van der Waals surface area contributed by atoms with Gasteiger partial charge in [-0.25, -0.2) is 0 Å². The van der Waals surface area contributed by atoms with Gasteiger partial charge in [0.2, 0.25) is 5.78 Å². The molecule has 1 heterocycles. The number of nitrogens with one attached hydrogen (secondary N) is 1. The number of aromatic nitrogens is 1. The maximum absolute atomic E-state index is 11.6. The fourth-order valence-electron chi connectivity index (χ4n) is 1.19. The van der Waals surface area contributed by atoms with E-state index in [2.05, 4.69) is 15.0 Å². The van der Waals surface area contributed by atoms with Crippen LogP contribution in [0.25, 0.3) is 16.5 Å². The molecule has 0 saturated carbocycles. The number of alkyl halides is 3. The molecule has 0 radical (unpaired) electrons. The lowest BCUT2D eigenvalue weighted by atomic mass is 10.2. The first-order valence-electron chi connectivity index (χ1n) is 4.92. The van der Waals surface area contributed by atoms with Crippen LogP contribution >= 0.6 is 34.8 Å². The van der Waals surface area contributed by atoms with E-state index < -0.39 is 9.58 Å². The monoisotopic (exact) mass is 306 g/mol. The topological polar surface area (TPSA) is 81.6 Å². The molecule has 0 saturated heterocycles. The molecule has 0 atom stereocenters. The Balaban J connectivity index is 2.64. The molecule has 0 spiro atoms. The predicted octanol–water partition coefficient (Wildman–Crippen LogP) is 4.28. The van der Waals surface area contributed by atoms with Crippen LogP contribution in [0.5, 0.6) is 0 Å². The predicted molar refractivity (Wildman–Crippen MR) is 73.1 cm³/mol. The van der Waals surface area contributed by atoms with E-state index in [1.165, 1.54) is 0 Å². The molecule has 0 aliphatic carbocycles. The number of carbonyl (C=O) groups is 1. The number of ketones is 1. The lowest BCUT2D eigenvalue weighted by molar-refractivity contribution is 0.0992. The van der Waals surface area contributed by atoms with Crippen LogP contribution in [-0.2, 0) is 0 Å². The molecule has 0 fully saturated rings. The number of azide groups is 1. The van der Waals surface area contributed by atoms with Crippen LogP contribution < -0.4 is 0 Å². The Bertz CT molecular complexity index is 497. The fourth-order valence-corrected chi connectivity index (χ4v) is 1.49. The van der Waals surface area contributed by atoms with Crippen LogP contribution in [0.2, 0.25) is 0 Å². The van der Waals surface area contributed by atoms with E-state index in [1.54, 1.807) is 18.3 Å². The van der Waals surface area contributed by atoms with E-state index in [0.29, 0.717) is 13.0 Å². The van der Waals surface area contributed by atoms with Crippen molar-refractivity contribution in [3.05, 3.63) is 40.0 Å². The standard InChI is InChI=1S/C10H9Cl3N4O/c11-10(12,13)9(18)8-5-7(6-15-8)3-1-2-4-16-17-14/h1,3,5-6,15H,2,4H2. The lowest BCUT2D eigenvalue weighted by Gasteiger charge is -2.06. The van der Waals surface area contributed by atoms with E-state index in [0.717, 1.165) is 5.56 Å². The van der Waals surface area contributed by atoms with Crippen LogP contribution in [0.1, 0.15) is 22.5 Å². The maximum Gasteiger partial charge on any atom is 0.254 e. The summed E-state index contributed by atoms with van der Waals surface area (Å²) in [5.74, 6) is -0.610. The van der Waals surface area contributed by atoms with Gasteiger partial charge in [0.1, 0.15) is 0 Å². The van der Waals surface area contributed by atoms with E-state index >= 15 is 0 Å². The van der Waals surface area contributed by atoms with Crippen molar-refractivity contribution in [2.75, 3.05) is 6.54 Å². The van der Waals surface area contributed by atoms with Gasteiger partial charge in [-0.3, -0.25) is 4.79 Å². The van der Waals surface area contributed by atoms with Crippen molar-refractivity contribution in [2.45, 2.75) is 10.2 Å². The second kappa shape index (κ2) is 6.71. The molecule has 0 aromatic carbocycles. The molecule has 1 rings (SSSR count). The van der Waals surface area contributed by atoms with Crippen molar-refractivity contribution in [1.82, 2.24) is 4.98 Å². The smallest absolute Gasteiger partial charge is 0.254 e. The minimum absolute atomic E-state index is 0.227. The molecular formula is C10H9Cl3N4O. The van der Waals surface area contributed by atoms with Crippen LogP contribution in [0.15, 0.2) is 23.5 Å². The highest BCUT2D eigenvalue weighted by Crippen LogP contribution is 2.30. The van der Waals surface area contributed by atoms with Gasteiger partial charge >= 0.3 is 0 Å². The molecule has 0 bridgehead atoms. The summed E-state index contributed by atoms with van der Waals surface area (Å²) in [6, 6.07) is 1.58. The Kier molecular flexibility index (Phi) is 5.56. The lowest BCUT2D eigenvalue weighted by Crippen LogP contribution is -2.19. The summed E-state index contributed by atoms with van der Waals surface area (Å²) in [7, 11) is 0. The summed E-state index contributed by atoms with van der Waals surface area (Å²) >= 11 is 16.5. The van der Waals surface area contributed by atoms with Crippen molar-refractivity contribution in [1.29, 1.82) is 0 Å². The Hall–Kier alpha value is -1.13. The summed E-state index contributed by atoms with van der Waals surface area (Å²) in [6.45, 7) is 0.386. The van der Waals surface area contributed by atoms with Gasteiger partial charge in [-0.1, -0.05) is 52.1 Å². The third kappa shape index (κ3) is 4.63. The SMILES string of the molecule is [N-]=[N+]=NCCC=Cc1c[nH]c(C(=O)C(Cl)(Cl)Cl)c1. The summed E-state index contributed by atoms with van der Waals surface area (Å²) in [6.07, 6.45) is 5.83. The highest BCUT2D eigenvalue weighted by molar-refractivity contribution is 6.77. The first-order chi connectivity index (χ1) is 8.45. The molecule has 1 aromatic heterocycles. The van der Waals surface area contributed by atoms with Gasteiger partial charge in [0, 0.05) is 17.7 Å². The van der Waals surface area contributed by atoms with Gasteiger partial charge in [0.25, 0.3) is 3.79 Å². The number of nitrogens with zero attached hydrogens (tertiary/aromatic N) is 3. The van der Waals surface area contributed by atoms with Crippen molar-refractivity contribution in [3.8, 4) is 0 Å². The molecule has 1 N–H and O–H groups in total. The molecule has 96 valence electrons. The van der Waals surface area contributed by atoms with Crippen LogP contribution in [-0.4, -0.2) is 21.1 Å². The highest BCUT2D eigenvalue weighted by atomic mass is 35.6. The molecule has 8 heteroatoms. The van der Waals surface area contributed by atoms with Gasteiger partial charge in [0.15, 0.2) is 0 Å². The zero-order valence-corrected chi connectivity index (χ0v) is 11.4. The van der Waals surface area contributed by atoms with Gasteiger partial charge in [-0.2, -0.15) is 0 Å². The number of hydrogen-bond acceptors (Lipinski definition) is 2. The minimum Gasteiger partial charge on any atom is -0.358 e. The van der Waals surface area contributed by atoms with Gasteiger partial charge in [0.05, 0.1) is 5.69 Å². The summed E-state index contributed by atoms with van der Waals surface area (Å²) < 4.78 is -1.96. The number of Topliss-reactive ketones (excluding diaryl/α,β-unsaturated/α-hetero) is 1. The fraction of sp³-hybridized carbons (Fsp3) is 0.300. The van der Waals surface area contributed by atoms with Crippen LogP contribution in [0, 0.1) is 0 Å². The average Bonchev–Trinajstić information content (AvgIpc) is 2.75. The van der Waals surface area contributed by atoms with Gasteiger partial charge in [-0.15, -0.1) is 0 Å². The average molecular weight is 308 g/mol. The molecule has 0 aliphatic rings. The number of carbonyl (C=O) groups excluding carboxylic acids is 1. The Morgan fingerprint density at radius 3 is 2.89 bits per heavy atom. The second-order valence-corrected chi connectivity index (χ2v) is 5.60. The first-order valence-corrected chi connectivity index (χ1v) is 6.06. The molecule has 0 amide bonds. The van der Waals surface area contributed by atoms with E-state index in [4.69, 9.17) is 40.3 Å². The molecule has 18 heavy (non-hydrogen) atoms. The largest absolute Gasteiger partial charge is 0.358 e. The van der Waals surface area contributed by atoms with E-state index in [-0.39, 0.29) is 5.69 Å². The van der Waals surface area contributed by atoms with Crippen molar-refractivity contribution >= 4 is 46.7 Å². The Morgan fingerprint density at radius 2 is 2.28 bits per heavy atom. The number of hydrogen-bond donors (Lipinski definition) is 1. The van der Waals surface area contributed by atoms with Crippen molar-refractivity contribution < 1.29 is 4.79 Å². The quantitative estimate of drug-likeness (QED) is 0.216. The number of halogens is 3. The first kappa shape index (κ1) is 14.9. The van der Waals surface area contributed by atoms with Gasteiger partial charge < -0.3 is 4.98 Å². The zero-order valence-electron chi connectivity index (χ0n) is 9.11. The Labute approximate surface area is 118 Å². The molecule has 0 unspecified atom stereocenters. The Morgan fingerprint density at radius 1 is 1.56 bits per heavy atom. The van der Waals surface area contributed by atoms with Crippen LogP contribution in [0.4, 0.5) is 0 Å². The van der Waals surface area contributed by atoms with Gasteiger partial charge in [-0.05, 0) is 23.6 Å². The molecule has 5 nitrogen and oxygen atoms in total. The van der Waals surface area contributed by atoms with E-state index in [9.17, 15) is 4.79 Å². The van der Waals surface area contributed by atoms with Crippen molar-refractivity contribution in [3.63, 3.8) is 0 Å². The zero-order chi connectivity index (χ0) is 13.6. The number of rotatable bonds is 5. The summed E-state index contributed by atoms with van der Waals surface area (Å²) in [5, 5.41) is 3.38. The normalized spacial score (nSPS) is 11.5. The van der Waals surface area contributed by atoms with E-state index in [1.807, 2.05) is 6.08 Å². The van der Waals surface area contributed by atoms with Crippen LogP contribution in [0.3, 0.4) is 0 Å².